The maximum absolute atomic E-state index is 11.6. The van der Waals surface area contributed by atoms with E-state index in [-0.39, 0.29) is 0 Å². The molecule has 0 atom stereocenters. The SMILES string of the molecule is COc1ccc(Cl)cc1-n1ccc(=O)[nH]c1=O. The number of rotatable bonds is 2. The molecule has 0 aliphatic carbocycles. The van der Waals surface area contributed by atoms with Gasteiger partial charge in [-0.3, -0.25) is 14.3 Å². The Morgan fingerprint density at radius 2 is 2.06 bits per heavy atom. The topological polar surface area (TPSA) is 64.1 Å². The molecule has 0 radical (unpaired) electrons. The summed E-state index contributed by atoms with van der Waals surface area (Å²) in [4.78, 5) is 24.8. The lowest BCUT2D eigenvalue weighted by atomic mass is 10.3. The molecule has 6 heteroatoms. The van der Waals surface area contributed by atoms with Gasteiger partial charge in [-0.25, -0.2) is 4.79 Å². The van der Waals surface area contributed by atoms with Crippen molar-refractivity contribution in [2.75, 3.05) is 7.11 Å². The largest absolute Gasteiger partial charge is 0.495 e. The van der Waals surface area contributed by atoms with Crippen molar-refractivity contribution in [2.24, 2.45) is 0 Å². The van der Waals surface area contributed by atoms with Gasteiger partial charge in [0.15, 0.2) is 0 Å². The maximum Gasteiger partial charge on any atom is 0.333 e. The summed E-state index contributed by atoms with van der Waals surface area (Å²) in [5.41, 5.74) is -0.522. The van der Waals surface area contributed by atoms with Crippen LogP contribution in [-0.4, -0.2) is 16.7 Å². The first-order valence-electron chi connectivity index (χ1n) is 4.78. The van der Waals surface area contributed by atoms with Crippen LogP contribution >= 0.6 is 11.6 Å². The maximum atomic E-state index is 11.6. The Morgan fingerprint density at radius 3 is 2.71 bits per heavy atom. The number of aromatic nitrogens is 2. The number of methoxy groups -OCH3 is 1. The van der Waals surface area contributed by atoms with Gasteiger partial charge < -0.3 is 4.74 Å². The van der Waals surface area contributed by atoms with Crippen LogP contribution in [0.3, 0.4) is 0 Å². The van der Waals surface area contributed by atoms with E-state index in [9.17, 15) is 9.59 Å². The third kappa shape index (κ3) is 2.24. The van der Waals surface area contributed by atoms with Crippen LogP contribution in [0.25, 0.3) is 5.69 Å². The lowest BCUT2D eigenvalue weighted by molar-refractivity contribution is 0.412. The summed E-state index contributed by atoms with van der Waals surface area (Å²) in [6.45, 7) is 0. The zero-order valence-corrected chi connectivity index (χ0v) is 9.69. The Hall–Kier alpha value is -2.01. The molecular formula is C11H9ClN2O3. The van der Waals surface area contributed by atoms with Crippen molar-refractivity contribution in [3.8, 4) is 11.4 Å². The highest BCUT2D eigenvalue weighted by Crippen LogP contribution is 2.24. The van der Waals surface area contributed by atoms with Gasteiger partial charge in [0.1, 0.15) is 5.75 Å². The van der Waals surface area contributed by atoms with Crippen LogP contribution in [0.1, 0.15) is 0 Å². The molecule has 0 fully saturated rings. The highest BCUT2D eigenvalue weighted by Gasteiger charge is 2.07. The zero-order chi connectivity index (χ0) is 12.4. The number of nitrogens with one attached hydrogen (secondary N) is 1. The van der Waals surface area contributed by atoms with Crippen LogP contribution in [0.15, 0.2) is 40.1 Å². The average molecular weight is 253 g/mol. The predicted octanol–water partition coefficient (Wildman–Crippen LogP) is 1.19. The molecule has 0 unspecified atom stereocenters. The van der Waals surface area contributed by atoms with Crippen molar-refractivity contribution >= 4 is 11.6 Å². The number of ether oxygens (including phenoxy) is 1. The van der Waals surface area contributed by atoms with E-state index in [0.717, 1.165) is 0 Å². The number of benzene rings is 1. The third-order valence-corrected chi connectivity index (χ3v) is 2.46. The molecule has 0 amide bonds. The van der Waals surface area contributed by atoms with Crippen molar-refractivity contribution in [1.29, 1.82) is 0 Å². The first-order valence-corrected chi connectivity index (χ1v) is 5.15. The Bertz CT molecular complexity index is 660. The normalized spacial score (nSPS) is 10.2. The van der Waals surface area contributed by atoms with E-state index in [4.69, 9.17) is 16.3 Å². The third-order valence-electron chi connectivity index (χ3n) is 2.22. The van der Waals surface area contributed by atoms with Gasteiger partial charge in [-0.05, 0) is 18.2 Å². The molecule has 2 rings (SSSR count). The molecule has 1 aromatic heterocycles. The molecule has 2 aromatic rings. The van der Waals surface area contributed by atoms with E-state index < -0.39 is 11.2 Å². The van der Waals surface area contributed by atoms with Crippen molar-refractivity contribution < 1.29 is 4.74 Å². The summed E-state index contributed by atoms with van der Waals surface area (Å²) < 4.78 is 6.39. The number of hydrogen-bond donors (Lipinski definition) is 1. The fraction of sp³-hybridized carbons (Fsp3) is 0.0909. The number of aromatic amines is 1. The van der Waals surface area contributed by atoms with E-state index in [1.54, 1.807) is 18.2 Å². The summed E-state index contributed by atoms with van der Waals surface area (Å²) in [5.74, 6) is 0.489. The first kappa shape index (κ1) is 11.5. The predicted molar refractivity (Wildman–Crippen MR) is 64.2 cm³/mol. The fourth-order valence-corrected chi connectivity index (χ4v) is 1.62. The van der Waals surface area contributed by atoms with E-state index in [1.165, 1.54) is 23.9 Å². The van der Waals surface area contributed by atoms with Gasteiger partial charge in [-0.1, -0.05) is 11.6 Å². The molecule has 0 aliphatic rings. The second-order valence-electron chi connectivity index (χ2n) is 3.30. The molecule has 0 saturated carbocycles. The molecule has 1 aromatic carbocycles. The molecule has 17 heavy (non-hydrogen) atoms. The molecule has 5 nitrogen and oxygen atoms in total. The fourth-order valence-electron chi connectivity index (χ4n) is 1.46. The second kappa shape index (κ2) is 4.47. The quantitative estimate of drug-likeness (QED) is 0.873. The summed E-state index contributed by atoms with van der Waals surface area (Å²) in [6, 6.07) is 6.14. The number of nitrogens with zero attached hydrogens (tertiary/aromatic N) is 1. The average Bonchev–Trinajstić information content (AvgIpc) is 2.29. The summed E-state index contributed by atoms with van der Waals surface area (Å²) >= 11 is 5.86. The van der Waals surface area contributed by atoms with Gasteiger partial charge in [-0.2, -0.15) is 0 Å². The standard InChI is InChI=1S/C11H9ClN2O3/c1-17-9-3-2-7(12)6-8(9)14-5-4-10(15)13-11(14)16/h2-6H,1H3,(H,13,15,16). The second-order valence-corrected chi connectivity index (χ2v) is 3.73. The minimum absolute atomic E-state index is 0.452. The molecule has 0 spiro atoms. The zero-order valence-electron chi connectivity index (χ0n) is 8.94. The van der Waals surface area contributed by atoms with E-state index >= 15 is 0 Å². The number of H-pyrrole nitrogens is 1. The van der Waals surface area contributed by atoms with Gasteiger partial charge in [0.05, 0.1) is 12.8 Å². The van der Waals surface area contributed by atoms with Crippen LogP contribution < -0.4 is 16.0 Å². The molecule has 0 bridgehead atoms. The molecule has 88 valence electrons. The minimum atomic E-state index is -0.543. The van der Waals surface area contributed by atoms with Crippen molar-refractivity contribution in [1.82, 2.24) is 9.55 Å². The van der Waals surface area contributed by atoms with Gasteiger partial charge in [0.2, 0.25) is 0 Å². The molecule has 1 heterocycles. The van der Waals surface area contributed by atoms with Crippen molar-refractivity contribution in [3.63, 3.8) is 0 Å². The molecule has 1 N–H and O–H groups in total. The van der Waals surface area contributed by atoms with Gasteiger partial charge in [-0.15, -0.1) is 0 Å². The number of halogens is 1. The summed E-state index contributed by atoms with van der Waals surface area (Å²) in [6.07, 6.45) is 1.37. The molecule has 0 aliphatic heterocycles. The smallest absolute Gasteiger partial charge is 0.333 e. The lowest BCUT2D eigenvalue weighted by Gasteiger charge is -2.10. The van der Waals surface area contributed by atoms with Crippen LogP contribution in [-0.2, 0) is 0 Å². The van der Waals surface area contributed by atoms with Crippen LogP contribution in [0.4, 0.5) is 0 Å². The summed E-state index contributed by atoms with van der Waals surface area (Å²) in [7, 11) is 1.49. The van der Waals surface area contributed by atoms with Gasteiger partial charge in [0.25, 0.3) is 5.56 Å². The first-order chi connectivity index (χ1) is 8.11. The van der Waals surface area contributed by atoms with Crippen LogP contribution in [0, 0.1) is 0 Å². The van der Waals surface area contributed by atoms with Crippen molar-refractivity contribution in [3.05, 3.63) is 56.3 Å². The Balaban J connectivity index is 2.71. The van der Waals surface area contributed by atoms with Gasteiger partial charge >= 0.3 is 5.69 Å². The van der Waals surface area contributed by atoms with E-state index in [0.29, 0.717) is 16.5 Å². The monoisotopic (exact) mass is 252 g/mol. The van der Waals surface area contributed by atoms with Crippen molar-refractivity contribution in [2.45, 2.75) is 0 Å². The van der Waals surface area contributed by atoms with Crippen LogP contribution in [0.5, 0.6) is 5.75 Å². The van der Waals surface area contributed by atoms with E-state index in [1.807, 2.05) is 0 Å². The summed E-state index contributed by atoms with van der Waals surface area (Å²) in [5, 5.41) is 0.471. The highest BCUT2D eigenvalue weighted by molar-refractivity contribution is 6.30. The Labute approximate surface area is 101 Å². The Morgan fingerprint density at radius 1 is 1.29 bits per heavy atom. The molecular weight excluding hydrogens is 244 g/mol. The van der Waals surface area contributed by atoms with E-state index in [2.05, 4.69) is 4.98 Å². The van der Waals surface area contributed by atoms with Gasteiger partial charge in [0, 0.05) is 17.3 Å². The molecule has 0 saturated heterocycles. The highest BCUT2D eigenvalue weighted by atomic mass is 35.5. The number of hydrogen-bond acceptors (Lipinski definition) is 3. The lowest BCUT2D eigenvalue weighted by Crippen LogP contribution is -2.27. The Kier molecular flexibility index (Phi) is 3.01. The van der Waals surface area contributed by atoms with Crippen LogP contribution in [0.2, 0.25) is 5.02 Å². The minimum Gasteiger partial charge on any atom is -0.495 e.